The van der Waals surface area contributed by atoms with Crippen LogP contribution in [0.15, 0.2) is 42.9 Å². The Labute approximate surface area is 218 Å². The summed E-state index contributed by atoms with van der Waals surface area (Å²) in [6.07, 6.45) is 13.0. The highest BCUT2D eigenvalue weighted by Crippen LogP contribution is 2.39. The lowest BCUT2D eigenvalue weighted by Crippen LogP contribution is -2.42. The second-order valence-electron chi connectivity index (χ2n) is 10.8. The third-order valence-electron chi connectivity index (χ3n) is 8.20. The van der Waals surface area contributed by atoms with E-state index in [0.717, 1.165) is 60.9 Å². The molecule has 1 saturated carbocycles. The van der Waals surface area contributed by atoms with Crippen molar-refractivity contribution in [3.63, 3.8) is 0 Å². The molecule has 3 aromatic rings. The minimum atomic E-state index is 0.0488. The molecule has 37 heavy (non-hydrogen) atoms. The molecule has 6 rings (SSSR count). The molecule has 3 aromatic heterocycles. The van der Waals surface area contributed by atoms with Gasteiger partial charge in [-0.2, -0.15) is 5.10 Å². The van der Waals surface area contributed by atoms with Crippen molar-refractivity contribution in [1.82, 2.24) is 24.6 Å². The number of ether oxygens (including phenoxy) is 1. The third kappa shape index (κ3) is 4.90. The number of aromatic nitrogens is 4. The van der Waals surface area contributed by atoms with Crippen LogP contribution in [0.5, 0.6) is 0 Å². The van der Waals surface area contributed by atoms with Crippen LogP contribution in [0.1, 0.15) is 77.0 Å². The predicted octanol–water partition coefficient (Wildman–Crippen LogP) is 4.85. The molecule has 0 amide bonds. The van der Waals surface area contributed by atoms with Gasteiger partial charge in [0.05, 0.1) is 29.3 Å². The van der Waals surface area contributed by atoms with E-state index in [9.17, 15) is 4.79 Å². The molecule has 1 saturated heterocycles. The van der Waals surface area contributed by atoms with E-state index < -0.39 is 0 Å². The lowest BCUT2D eigenvalue weighted by atomic mass is 9.97. The van der Waals surface area contributed by atoms with Crippen molar-refractivity contribution in [2.45, 2.75) is 70.9 Å². The van der Waals surface area contributed by atoms with Gasteiger partial charge in [0.2, 0.25) is 0 Å². The zero-order valence-electron chi connectivity index (χ0n) is 22.0. The Kier molecular flexibility index (Phi) is 6.51. The SMILES string of the molecule is Cc1cc(CC(=O)c2cnn(-c3ccc(C4CC4)cn3)c2C)cnc1C1=CCN(C2CCOC2C)CC1. The van der Waals surface area contributed by atoms with Crippen molar-refractivity contribution >= 4 is 11.4 Å². The van der Waals surface area contributed by atoms with Crippen molar-refractivity contribution in [3.8, 4) is 5.82 Å². The normalized spacial score (nSPS) is 22.3. The van der Waals surface area contributed by atoms with Crippen LogP contribution < -0.4 is 0 Å². The van der Waals surface area contributed by atoms with E-state index in [4.69, 9.17) is 9.72 Å². The number of Topliss-reactive ketones (excluding diaryl/α,β-unsaturated/α-hetero) is 1. The number of hydrogen-bond donors (Lipinski definition) is 0. The number of carbonyl (C=O) groups excluding carboxylic acids is 1. The van der Waals surface area contributed by atoms with Crippen molar-refractivity contribution in [2.75, 3.05) is 19.7 Å². The predicted molar refractivity (Wildman–Crippen MR) is 143 cm³/mol. The van der Waals surface area contributed by atoms with Gasteiger partial charge >= 0.3 is 0 Å². The molecule has 7 heteroatoms. The molecule has 1 aliphatic carbocycles. The van der Waals surface area contributed by atoms with Gasteiger partial charge in [0, 0.05) is 44.6 Å². The lowest BCUT2D eigenvalue weighted by molar-refractivity contribution is 0.0781. The molecule has 7 nitrogen and oxygen atoms in total. The van der Waals surface area contributed by atoms with Gasteiger partial charge in [-0.15, -0.1) is 0 Å². The Hall–Kier alpha value is -3.16. The van der Waals surface area contributed by atoms with E-state index in [2.05, 4.69) is 47.0 Å². The maximum absolute atomic E-state index is 13.2. The molecular formula is C30H35N5O2. The van der Waals surface area contributed by atoms with Crippen LogP contribution >= 0.6 is 0 Å². The number of ketones is 1. The molecule has 0 radical (unpaired) electrons. The average molecular weight is 498 g/mol. The van der Waals surface area contributed by atoms with Gasteiger partial charge in [0.25, 0.3) is 0 Å². The van der Waals surface area contributed by atoms with Crippen LogP contribution in [-0.2, 0) is 11.2 Å². The quantitative estimate of drug-likeness (QED) is 0.435. The Bertz CT molecular complexity index is 1340. The van der Waals surface area contributed by atoms with Crippen LogP contribution in [0, 0.1) is 13.8 Å². The Morgan fingerprint density at radius 3 is 2.62 bits per heavy atom. The molecule has 2 unspecified atom stereocenters. The van der Waals surface area contributed by atoms with E-state index in [0.29, 0.717) is 30.0 Å². The second kappa shape index (κ2) is 9.95. The fourth-order valence-corrected chi connectivity index (χ4v) is 5.84. The Balaban J connectivity index is 1.12. The molecular weight excluding hydrogens is 462 g/mol. The first kappa shape index (κ1) is 24.2. The lowest BCUT2D eigenvalue weighted by Gasteiger charge is -2.33. The van der Waals surface area contributed by atoms with Crippen molar-refractivity contribution in [1.29, 1.82) is 0 Å². The monoisotopic (exact) mass is 497 g/mol. The standard InChI is InChI=1S/C30H35N5O2/c1-19-14-22(16-32-30(19)24-8-11-34(12-9-24)27-10-13-37-21(27)3)15-28(36)26-18-33-35(20(26)2)29-7-6-25(17-31-29)23-4-5-23/h6-8,14,16-18,21,23,27H,4-5,9-13,15H2,1-3H3. The summed E-state index contributed by atoms with van der Waals surface area (Å²) in [5, 5.41) is 4.47. The van der Waals surface area contributed by atoms with Crippen LogP contribution in [-0.4, -0.2) is 62.3 Å². The van der Waals surface area contributed by atoms with E-state index in [1.54, 1.807) is 10.9 Å². The molecule has 2 atom stereocenters. The number of aryl methyl sites for hydroxylation is 1. The summed E-state index contributed by atoms with van der Waals surface area (Å²) in [5.74, 6) is 1.46. The van der Waals surface area contributed by atoms with Crippen LogP contribution in [0.25, 0.3) is 11.4 Å². The summed E-state index contributed by atoms with van der Waals surface area (Å²) in [7, 11) is 0. The van der Waals surface area contributed by atoms with Gasteiger partial charge in [-0.1, -0.05) is 18.2 Å². The average Bonchev–Trinajstić information content (AvgIpc) is 3.56. The number of hydrogen-bond acceptors (Lipinski definition) is 6. The maximum Gasteiger partial charge on any atom is 0.170 e. The fourth-order valence-electron chi connectivity index (χ4n) is 5.84. The van der Waals surface area contributed by atoms with E-state index >= 15 is 0 Å². The van der Waals surface area contributed by atoms with Gasteiger partial charge < -0.3 is 4.74 Å². The van der Waals surface area contributed by atoms with E-state index in [1.807, 2.05) is 25.4 Å². The highest BCUT2D eigenvalue weighted by atomic mass is 16.5. The molecule has 2 aliphatic heterocycles. The zero-order chi connectivity index (χ0) is 25.5. The minimum absolute atomic E-state index is 0.0488. The third-order valence-corrected chi connectivity index (χ3v) is 8.20. The van der Waals surface area contributed by atoms with Gasteiger partial charge in [0.1, 0.15) is 0 Å². The highest BCUT2D eigenvalue weighted by Gasteiger charge is 2.31. The first-order valence-corrected chi connectivity index (χ1v) is 13.5. The molecule has 0 bridgehead atoms. The molecule has 192 valence electrons. The maximum atomic E-state index is 13.2. The summed E-state index contributed by atoms with van der Waals surface area (Å²) in [5.41, 5.74) is 7.14. The number of pyridine rings is 2. The fraction of sp³-hybridized carbons (Fsp3) is 0.467. The Morgan fingerprint density at radius 1 is 1.11 bits per heavy atom. The van der Waals surface area contributed by atoms with Crippen molar-refractivity contribution < 1.29 is 9.53 Å². The molecule has 0 spiro atoms. The first-order valence-electron chi connectivity index (χ1n) is 13.5. The van der Waals surface area contributed by atoms with Gasteiger partial charge in [-0.25, -0.2) is 9.67 Å². The summed E-state index contributed by atoms with van der Waals surface area (Å²) in [6, 6.07) is 6.75. The number of carbonyl (C=O) groups is 1. The van der Waals surface area contributed by atoms with Crippen molar-refractivity contribution in [2.24, 2.45) is 0 Å². The largest absolute Gasteiger partial charge is 0.377 e. The van der Waals surface area contributed by atoms with Crippen LogP contribution in [0.2, 0.25) is 0 Å². The highest BCUT2D eigenvalue weighted by molar-refractivity contribution is 5.98. The van der Waals surface area contributed by atoms with E-state index in [-0.39, 0.29) is 5.78 Å². The molecule has 0 aromatic carbocycles. The Morgan fingerprint density at radius 2 is 1.97 bits per heavy atom. The topological polar surface area (TPSA) is 73.1 Å². The number of rotatable bonds is 7. The molecule has 3 aliphatic rings. The van der Waals surface area contributed by atoms with E-state index in [1.165, 1.54) is 24.0 Å². The molecule has 2 fully saturated rings. The van der Waals surface area contributed by atoms with Gasteiger partial charge in [-0.05, 0) is 80.7 Å². The van der Waals surface area contributed by atoms with Gasteiger partial charge in [0.15, 0.2) is 11.6 Å². The summed E-state index contributed by atoms with van der Waals surface area (Å²) in [4.78, 5) is 25.1. The van der Waals surface area contributed by atoms with Gasteiger partial charge in [-0.3, -0.25) is 14.7 Å². The molecule has 5 heterocycles. The second-order valence-corrected chi connectivity index (χ2v) is 10.8. The summed E-state index contributed by atoms with van der Waals surface area (Å²) >= 11 is 0. The first-order chi connectivity index (χ1) is 18.0. The zero-order valence-corrected chi connectivity index (χ0v) is 22.0. The van der Waals surface area contributed by atoms with Crippen molar-refractivity contribution in [3.05, 3.63) is 76.5 Å². The van der Waals surface area contributed by atoms with Crippen LogP contribution in [0.4, 0.5) is 0 Å². The van der Waals surface area contributed by atoms with Crippen LogP contribution in [0.3, 0.4) is 0 Å². The number of nitrogens with zero attached hydrogens (tertiary/aromatic N) is 5. The molecule has 0 N–H and O–H groups in total. The summed E-state index contributed by atoms with van der Waals surface area (Å²) in [6.45, 7) is 9.04. The minimum Gasteiger partial charge on any atom is -0.377 e. The summed E-state index contributed by atoms with van der Waals surface area (Å²) < 4.78 is 7.52. The smallest absolute Gasteiger partial charge is 0.170 e.